The van der Waals surface area contributed by atoms with Crippen LogP contribution in [-0.2, 0) is 6.54 Å². The van der Waals surface area contributed by atoms with E-state index in [0.29, 0.717) is 11.8 Å². The summed E-state index contributed by atoms with van der Waals surface area (Å²) >= 11 is 0. The van der Waals surface area contributed by atoms with Crippen molar-refractivity contribution in [1.29, 1.82) is 0 Å². The van der Waals surface area contributed by atoms with Gasteiger partial charge in [-0.25, -0.2) is 0 Å². The number of hydrogen-bond donors (Lipinski definition) is 2. The van der Waals surface area contributed by atoms with E-state index in [1.807, 2.05) is 0 Å². The Bertz CT molecular complexity index is 747. The summed E-state index contributed by atoms with van der Waals surface area (Å²) in [4.78, 5) is 5.95. The Morgan fingerprint density at radius 2 is 1.78 bits per heavy atom. The van der Waals surface area contributed by atoms with Gasteiger partial charge in [0.15, 0.2) is 0 Å². The Morgan fingerprint density at radius 3 is 2.57 bits per heavy atom. The number of fused-ring (bicyclic) bond motifs is 1. The van der Waals surface area contributed by atoms with Crippen LogP contribution < -0.4 is 0 Å². The van der Waals surface area contributed by atoms with Gasteiger partial charge in [-0.15, -0.1) is 0 Å². The zero-order chi connectivity index (χ0) is 15.6. The average Bonchev–Trinajstić information content (AvgIpc) is 3.19. The molecule has 118 valence electrons. The van der Waals surface area contributed by atoms with Gasteiger partial charge in [0.05, 0.1) is 0 Å². The molecule has 1 fully saturated rings. The number of nitrogens with zero attached hydrogens (tertiary/aromatic N) is 1. The first-order valence-corrected chi connectivity index (χ1v) is 8.28. The average molecular weight is 306 g/mol. The van der Waals surface area contributed by atoms with Gasteiger partial charge in [-0.2, -0.15) is 0 Å². The summed E-state index contributed by atoms with van der Waals surface area (Å²) in [6.45, 7) is 3.12. The number of likely N-dealkylation sites (tertiary alicyclic amines) is 1. The summed E-state index contributed by atoms with van der Waals surface area (Å²) in [5.74, 6) is 0.743. The van der Waals surface area contributed by atoms with E-state index in [2.05, 4.69) is 70.5 Å². The number of aliphatic hydroxyl groups excluding tert-OH is 1. The van der Waals surface area contributed by atoms with Crippen molar-refractivity contribution in [2.75, 3.05) is 19.7 Å². The van der Waals surface area contributed by atoms with Gasteiger partial charge in [0.1, 0.15) is 0 Å². The van der Waals surface area contributed by atoms with Crippen molar-refractivity contribution in [3.8, 4) is 0 Å². The van der Waals surface area contributed by atoms with E-state index in [1.165, 1.54) is 22.2 Å². The molecule has 0 aliphatic carbocycles. The fraction of sp³-hybridized carbons (Fsp3) is 0.300. The topological polar surface area (TPSA) is 39.3 Å². The predicted octanol–water partition coefficient (Wildman–Crippen LogP) is 3.38. The summed E-state index contributed by atoms with van der Waals surface area (Å²) in [5, 5.41) is 11.0. The lowest BCUT2D eigenvalue weighted by Crippen LogP contribution is -2.21. The van der Waals surface area contributed by atoms with Crippen molar-refractivity contribution in [2.24, 2.45) is 5.92 Å². The molecule has 3 nitrogen and oxygen atoms in total. The molecular weight excluding hydrogens is 284 g/mol. The fourth-order valence-electron chi connectivity index (χ4n) is 3.81. The molecule has 4 rings (SSSR count). The van der Waals surface area contributed by atoms with Crippen molar-refractivity contribution < 1.29 is 5.11 Å². The van der Waals surface area contributed by atoms with Crippen LogP contribution in [0.2, 0.25) is 0 Å². The zero-order valence-corrected chi connectivity index (χ0v) is 13.2. The minimum Gasteiger partial charge on any atom is -0.396 e. The second-order valence-corrected chi connectivity index (χ2v) is 6.54. The van der Waals surface area contributed by atoms with Crippen LogP contribution in [0.1, 0.15) is 17.2 Å². The Kier molecular flexibility index (Phi) is 3.90. The van der Waals surface area contributed by atoms with Crippen LogP contribution in [0.3, 0.4) is 0 Å². The van der Waals surface area contributed by atoms with Crippen LogP contribution in [0.15, 0.2) is 60.7 Å². The normalized spacial score (nSPS) is 22.0. The van der Waals surface area contributed by atoms with Crippen molar-refractivity contribution in [1.82, 2.24) is 9.88 Å². The smallest absolute Gasteiger partial charge is 0.0477 e. The SMILES string of the molecule is OC[C@@H]1CN(Cc2cc3ccccc3[nH]2)C[C@H]1c1ccccc1. The number of para-hydroxylation sites is 1. The van der Waals surface area contributed by atoms with E-state index < -0.39 is 0 Å². The number of rotatable bonds is 4. The number of aliphatic hydroxyl groups is 1. The fourth-order valence-corrected chi connectivity index (χ4v) is 3.81. The van der Waals surface area contributed by atoms with E-state index in [-0.39, 0.29) is 6.61 Å². The maximum absolute atomic E-state index is 9.76. The van der Waals surface area contributed by atoms with Gasteiger partial charge in [0.25, 0.3) is 0 Å². The monoisotopic (exact) mass is 306 g/mol. The van der Waals surface area contributed by atoms with E-state index in [1.54, 1.807) is 0 Å². The highest BCUT2D eigenvalue weighted by molar-refractivity contribution is 5.80. The highest BCUT2D eigenvalue weighted by Gasteiger charge is 2.33. The molecule has 0 bridgehead atoms. The van der Waals surface area contributed by atoms with Crippen LogP contribution in [-0.4, -0.2) is 34.7 Å². The van der Waals surface area contributed by atoms with Crippen molar-refractivity contribution in [2.45, 2.75) is 12.5 Å². The lowest BCUT2D eigenvalue weighted by molar-refractivity contribution is 0.213. The van der Waals surface area contributed by atoms with Gasteiger partial charge < -0.3 is 10.1 Å². The van der Waals surface area contributed by atoms with Gasteiger partial charge >= 0.3 is 0 Å². The Balaban J connectivity index is 1.52. The molecule has 0 spiro atoms. The zero-order valence-electron chi connectivity index (χ0n) is 13.2. The van der Waals surface area contributed by atoms with Gasteiger partial charge in [0, 0.05) is 49.3 Å². The Hall–Kier alpha value is -2.10. The lowest BCUT2D eigenvalue weighted by atomic mass is 9.90. The Morgan fingerprint density at radius 1 is 1.00 bits per heavy atom. The quantitative estimate of drug-likeness (QED) is 0.775. The highest BCUT2D eigenvalue weighted by atomic mass is 16.3. The van der Waals surface area contributed by atoms with E-state index in [4.69, 9.17) is 0 Å². The molecule has 2 aromatic carbocycles. The maximum Gasteiger partial charge on any atom is 0.0477 e. The molecule has 1 aliphatic rings. The molecule has 2 heterocycles. The third-order valence-corrected chi connectivity index (χ3v) is 4.96. The second kappa shape index (κ2) is 6.19. The number of H-pyrrole nitrogens is 1. The summed E-state index contributed by atoms with van der Waals surface area (Å²) in [6.07, 6.45) is 0. The van der Waals surface area contributed by atoms with Gasteiger partial charge in [-0.3, -0.25) is 4.90 Å². The van der Waals surface area contributed by atoms with Gasteiger partial charge in [-0.05, 0) is 23.1 Å². The first-order chi connectivity index (χ1) is 11.3. The highest BCUT2D eigenvalue weighted by Crippen LogP contribution is 2.33. The number of aromatic amines is 1. The minimum atomic E-state index is 0.253. The van der Waals surface area contributed by atoms with Crippen LogP contribution in [0.5, 0.6) is 0 Å². The molecular formula is C20H22N2O. The number of aromatic nitrogens is 1. The van der Waals surface area contributed by atoms with Crippen molar-refractivity contribution in [3.05, 3.63) is 71.9 Å². The second-order valence-electron chi connectivity index (χ2n) is 6.54. The number of hydrogen-bond acceptors (Lipinski definition) is 2. The summed E-state index contributed by atoms with van der Waals surface area (Å²) in [6, 6.07) is 21.2. The molecule has 1 aromatic heterocycles. The molecule has 2 N–H and O–H groups in total. The minimum absolute atomic E-state index is 0.253. The molecule has 0 saturated carbocycles. The number of benzene rings is 2. The Labute approximate surface area is 136 Å². The summed E-state index contributed by atoms with van der Waals surface area (Å²) in [5.41, 5.74) is 3.78. The van der Waals surface area contributed by atoms with Gasteiger partial charge in [0.2, 0.25) is 0 Å². The molecule has 0 unspecified atom stereocenters. The molecule has 3 heteroatoms. The first-order valence-electron chi connectivity index (χ1n) is 8.28. The van der Waals surface area contributed by atoms with E-state index >= 15 is 0 Å². The molecule has 2 atom stereocenters. The van der Waals surface area contributed by atoms with E-state index in [9.17, 15) is 5.11 Å². The van der Waals surface area contributed by atoms with E-state index in [0.717, 1.165) is 19.6 Å². The standard InChI is InChI=1S/C20H22N2O/c23-14-17-11-22(13-19(17)15-6-2-1-3-7-15)12-18-10-16-8-4-5-9-20(16)21-18/h1-10,17,19,21,23H,11-14H2/t17-,19-/m0/s1. The van der Waals surface area contributed by atoms with Crippen molar-refractivity contribution in [3.63, 3.8) is 0 Å². The van der Waals surface area contributed by atoms with Crippen LogP contribution in [0.25, 0.3) is 10.9 Å². The van der Waals surface area contributed by atoms with Crippen LogP contribution in [0.4, 0.5) is 0 Å². The van der Waals surface area contributed by atoms with Crippen LogP contribution >= 0.6 is 0 Å². The van der Waals surface area contributed by atoms with Gasteiger partial charge in [-0.1, -0.05) is 48.5 Å². The first kappa shape index (κ1) is 14.5. The largest absolute Gasteiger partial charge is 0.396 e. The third-order valence-electron chi connectivity index (χ3n) is 4.96. The molecule has 1 saturated heterocycles. The lowest BCUT2D eigenvalue weighted by Gasteiger charge is -2.16. The summed E-state index contributed by atoms with van der Waals surface area (Å²) < 4.78 is 0. The van der Waals surface area contributed by atoms with Crippen molar-refractivity contribution >= 4 is 10.9 Å². The van der Waals surface area contributed by atoms with Crippen LogP contribution in [0, 0.1) is 5.92 Å². The molecule has 3 aromatic rings. The molecule has 0 radical (unpaired) electrons. The maximum atomic E-state index is 9.76. The summed E-state index contributed by atoms with van der Waals surface area (Å²) in [7, 11) is 0. The predicted molar refractivity (Wildman–Crippen MR) is 93.3 cm³/mol. The molecule has 1 aliphatic heterocycles. The molecule has 0 amide bonds. The molecule has 23 heavy (non-hydrogen) atoms. The number of nitrogens with one attached hydrogen (secondary N) is 1. The third kappa shape index (κ3) is 2.90.